The molecule has 1 amide bonds. The number of rotatable bonds is 4. The van der Waals surface area contributed by atoms with Gasteiger partial charge in [-0.3, -0.25) is 9.48 Å². The predicted octanol–water partition coefficient (Wildman–Crippen LogP) is -0.586. The first-order valence-electron chi connectivity index (χ1n) is 5.83. The van der Waals surface area contributed by atoms with Crippen molar-refractivity contribution in [1.82, 2.24) is 20.4 Å². The molecule has 0 saturated carbocycles. The Morgan fingerprint density at radius 3 is 2.94 bits per heavy atom. The number of hydrogen-bond donors (Lipinski definition) is 3. The molecule has 7 heteroatoms. The molecule has 1 unspecified atom stereocenters. The molecule has 2 heterocycles. The van der Waals surface area contributed by atoms with Crippen molar-refractivity contribution in [3.05, 3.63) is 18.0 Å². The first-order valence-corrected chi connectivity index (χ1v) is 5.83. The van der Waals surface area contributed by atoms with Gasteiger partial charge in [-0.2, -0.15) is 5.10 Å². The van der Waals surface area contributed by atoms with Crippen molar-refractivity contribution in [2.24, 2.45) is 7.05 Å². The van der Waals surface area contributed by atoms with E-state index in [-0.39, 0.29) is 11.9 Å². The van der Waals surface area contributed by atoms with Gasteiger partial charge in [0.05, 0.1) is 12.2 Å². The third-order valence-corrected chi connectivity index (χ3v) is 2.97. The highest BCUT2D eigenvalue weighted by Gasteiger charge is 2.28. The van der Waals surface area contributed by atoms with Gasteiger partial charge < -0.3 is 15.7 Å². The summed E-state index contributed by atoms with van der Waals surface area (Å²) < 4.78 is 1.51. The Hall–Kier alpha value is -1.89. The molecule has 1 saturated heterocycles. The van der Waals surface area contributed by atoms with E-state index in [1.807, 2.05) is 0 Å². The highest BCUT2D eigenvalue weighted by molar-refractivity contribution is 5.87. The van der Waals surface area contributed by atoms with Crippen molar-refractivity contribution in [2.75, 3.05) is 6.54 Å². The number of carboxylic acids is 1. The highest BCUT2D eigenvalue weighted by atomic mass is 16.4. The fourth-order valence-corrected chi connectivity index (χ4v) is 2.03. The SMILES string of the molecule is Cn1cc(C(NC(=O)[C@@H]2CCCN2)C(=O)O)cn1. The maximum absolute atomic E-state index is 11.9. The summed E-state index contributed by atoms with van der Waals surface area (Å²) in [5.41, 5.74) is 0.469. The number of hydrogen-bond acceptors (Lipinski definition) is 4. The van der Waals surface area contributed by atoms with Gasteiger partial charge in [-0.05, 0) is 19.4 Å². The molecule has 7 nitrogen and oxygen atoms in total. The van der Waals surface area contributed by atoms with Crippen LogP contribution in [0.4, 0.5) is 0 Å². The number of carboxylic acid groups (broad SMARTS) is 1. The Kier molecular flexibility index (Phi) is 3.61. The average molecular weight is 252 g/mol. The van der Waals surface area contributed by atoms with Crippen molar-refractivity contribution in [2.45, 2.75) is 24.9 Å². The van der Waals surface area contributed by atoms with Crippen LogP contribution in [0.5, 0.6) is 0 Å². The lowest BCUT2D eigenvalue weighted by Crippen LogP contribution is -2.44. The highest BCUT2D eigenvalue weighted by Crippen LogP contribution is 2.13. The van der Waals surface area contributed by atoms with E-state index in [1.165, 1.54) is 10.9 Å². The van der Waals surface area contributed by atoms with Crippen LogP contribution in [0, 0.1) is 0 Å². The van der Waals surface area contributed by atoms with Gasteiger partial charge in [-0.25, -0.2) is 4.79 Å². The second-order valence-electron chi connectivity index (χ2n) is 4.38. The molecule has 3 N–H and O–H groups in total. The summed E-state index contributed by atoms with van der Waals surface area (Å²) in [6.45, 7) is 0.794. The molecule has 0 radical (unpaired) electrons. The molecule has 1 aliphatic rings. The Morgan fingerprint density at radius 2 is 2.44 bits per heavy atom. The topological polar surface area (TPSA) is 96.2 Å². The minimum absolute atomic E-state index is 0.274. The smallest absolute Gasteiger partial charge is 0.331 e. The summed E-state index contributed by atoms with van der Waals surface area (Å²) in [4.78, 5) is 23.1. The molecule has 98 valence electrons. The molecule has 1 aromatic heterocycles. The Balaban J connectivity index is 2.07. The second kappa shape index (κ2) is 5.18. The molecular weight excluding hydrogens is 236 g/mol. The van der Waals surface area contributed by atoms with Crippen molar-refractivity contribution in [1.29, 1.82) is 0 Å². The number of carbonyl (C=O) groups excluding carboxylic acids is 1. The third-order valence-electron chi connectivity index (χ3n) is 2.97. The second-order valence-corrected chi connectivity index (χ2v) is 4.38. The van der Waals surface area contributed by atoms with Gasteiger partial charge in [-0.15, -0.1) is 0 Å². The summed E-state index contributed by atoms with van der Waals surface area (Å²) in [5.74, 6) is -1.36. The van der Waals surface area contributed by atoms with Gasteiger partial charge >= 0.3 is 5.97 Å². The van der Waals surface area contributed by atoms with E-state index in [0.29, 0.717) is 5.56 Å². The zero-order valence-electron chi connectivity index (χ0n) is 10.1. The molecule has 0 spiro atoms. The minimum Gasteiger partial charge on any atom is -0.479 e. The van der Waals surface area contributed by atoms with Crippen LogP contribution in [0.1, 0.15) is 24.4 Å². The van der Waals surface area contributed by atoms with Crippen LogP contribution in [0.15, 0.2) is 12.4 Å². The summed E-state index contributed by atoms with van der Waals surface area (Å²) in [6, 6.07) is -1.34. The number of amides is 1. The molecular formula is C11H16N4O3. The zero-order valence-corrected chi connectivity index (χ0v) is 10.1. The van der Waals surface area contributed by atoms with Crippen LogP contribution in [0.3, 0.4) is 0 Å². The zero-order chi connectivity index (χ0) is 13.1. The van der Waals surface area contributed by atoms with Crippen LogP contribution in [-0.2, 0) is 16.6 Å². The first-order chi connectivity index (χ1) is 8.58. The van der Waals surface area contributed by atoms with E-state index in [0.717, 1.165) is 19.4 Å². The van der Waals surface area contributed by atoms with Gasteiger partial charge in [0.2, 0.25) is 5.91 Å². The standard InChI is InChI=1S/C11H16N4O3/c1-15-6-7(5-13-15)9(11(17)18)14-10(16)8-3-2-4-12-8/h5-6,8-9,12H,2-4H2,1H3,(H,14,16)(H,17,18)/t8-,9?/m0/s1. The number of nitrogens with one attached hydrogen (secondary N) is 2. The lowest BCUT2D eigenvalue weighted by atomic mass is 10.1. The Bertz CT molecular complexity index is 451. The van der Waals surface area contributed by atoms with Crippen molar-refractivity contribution in [3.63, 3.8) is 0 Å². The number of aryl methyl sites for hydroxylation is 1. The third kappa shape index (κ3) is 2.67. The van der Waals surface area contributed by atoms with Crippen LogP contribution in [0.25, 0.3) is 0 Å². The van der Waals surface area contributed by atoms with Gasteiger partial charge in [0.15, 0.2) is 6.04 Å². The van der Waals surface area contributed by atoms with Crippen molar-refractivity contribution < 1.29 is 14.7 Å². The van der Waals surface area contributed by atoms with E-state index in [1.54, 1.807) is 13.2 Å². The van der Waals surface area contributed by atoms with Gasteiger partial charge in [0.25, 0.3) is 0 Å². The fourth-order valence-electron chi connectivity index (χ4n) is 2.03. The summed E-state index contributed by atoms with van der Waals surface area (Å²) in [6.07, 6.45) is 4.70. The van der Waals surface area contributed by atoms with Gasteiger partial charge in [-0.1, -0.05) is 0 Å². The lowest BCUT2D eigenvalue weighted by Gasteiger charge is -2.16. The van der Waals surface area contributed by atoms with Crippen LogP contribution >= 0.6 is 0 Å². The van der Waals surface area contributed by atoms with E-state index in [9.17, 15) is 9.59 Å². The summed E-state index contributed by atoms with van der Waals surface area (Å²) >= 11 is 0. The maximum atomic E-state index is 11.9. The van der Waals surface area contributed by atoms with Crippen molar-refractivity contribution in [3.8, 4) is 0 Å². The molecule has 2 rings (SSSR count). The Morgan fingerprint density at radius 1 is 1.67 bits per heavy atom. The molecule has 1 aliphatic heterocycles. The maximum Gasteiger partial charge on any atom is 0.331 e. The van der Waals surface area contributed by atoms with E-state index in [2.05, 4.69) is 15.7 Å². The Labute approximate surface area is 104 Å². The average Bonchev–Trinajstić information content (AvgIpc) is 2.95. The molecule has 18 heavy (non-hydrogen) atoms. The monoisotopic (exact) mass is 252 g/mol. The first kappa shape index (κ1) is 12.6. The molecule has 0 aromatic carbocycles. The number of aromatic nitrogens is 2. The largest absolute Gasteiger partial charge is 0.479 e. The molecule has 1 fully saturated rings. The van der Waals surface area contributed by atoms with Crippen LogP contribution in [0.2, 0.25) is 0 Å². The van der Waals surface area contributed by atoms with Crippen LogP contribution in [-0.4, -0.2) is 39.4 Å². The molecule has 0 aliphatic carbocycles. The fraction of sp³-hybridized carbons (Fsp3) is 0.545. The van der Waals surface area contributed by atoms with E-state index >= 15 is 0 Å². The molecule has 0 bridgehead atoms. The quantitative estimate of drug-likeness (QED) is 0.666. The predicted molar refractivity (Wildman–Crippen MR) is 62.8 cm³/mol. The number of aliphatic carboxylic acids is 1. The number of carbonyl (C=O) groups is 2. The van der Waals surface area contributed by atoms with Gasteiger partial charge in [0, 0.05) is 18.8 Å². The van der Waals surface area contributed by atoms with Crippen LogP contribution < -0.4 is 10.6 Å². The minimum atomic E-state index is -1.09. The number of nitrogens with zero attached hydrogens (tertiary/aromatic N) is 2. The van der Waals surface area contributed by atoms with Crippen molar-refractivity contribution >= 4 is 11.9 Å². The van der Waals surface area contributed by atoms with E-state index in [4.69, 9.17) is 5.11 Å². The normalized spacial score (nSPS) is 20.6. The summed E-state index contributed by atoms with van der Waals surface area (Å²) in [5, 5.41) is 18.6. The summed E-state index contributed by atoms with van der Waals surface area (Å²) in [7, 11) is 1.70. The van der Waals surface area contributed by atoms with E-state index < -0.39 is 12.0 Å². The lowest BCUT2D eigenvalue weighted by molar-refractivity contribution is -0.142. The van der Waals surface area contributed by atoms with Gasteiger partial charge in [0.1, 0.15) is 0 Å². The molecule has 2 atom stereocenters. The molecule has 1 aromatic rings.